The zero-order valence-electron chi connectivity index (χ0n) is 17.9. The summed E-state index contributed by atoms with van der Waals surface area (Å²) in [5.41, 5.74) is 1.72. The average molecular weight is 467 g/mol. The third-order valence-electron chi connectivity index (χ3n) is 6.61. The first kappa shape index (κ1) is 21.3. The molecule has 172 valence electrons. The fraction of sp³-hybridized carbons (Fsp3) is 0.571. The Morgan fingerprint density at radius 3 is 2.66 bits per heavy atom. The molecule has 2 atom stereocenters. The molecule has 0 aromatic carbocycles. The normalized spacial score (nSPS) is 22.8. The van der Waals surface area contributed by atoms with Gasteiger partial charge in [0.05, 0.1) is 23.3 Å². The number of aryl methyl sites for hydroxylation is 2. The molecule has 0 aliphatic carbocycles. The van der Waals surface area contributed by atoms with E-state index in [4.69, 9.17) is 4.98 Å². The minimum Gasteiger partial charge on any atom is -0.366 e. The van der Waals surface area contributed by atoms with E-state index in [1.165, 1.54) is 11.3 Å². The van der Waals surface area contributed by atoms with Gasteiger partial charge >= 0.3 is 12.2 Å². The molecule has 2 saturated heterocycles. The second-order valence-electron chi connectivity index (χ2n) is 8.69. The van der Waals surface area contributed by atoms with Crippen molar-refractivity contribution in [1.82, 2.24) is 9.97 Å². The molecule has 2 amide bonds. The molecule has 1 unspecified atom stereocenters. The molecule has 7 nitrogen and oxygen atoms in total. The summed E-state index contributed by atoms with van der Waals surface area (Å²) in [5, 5.41) is 3.43. The average Bonchev–Trinajstić information content (AvgIpc) is 3.30. The van der Waals surface area contributed by atoms with Crippen molar-refractivity contribution in [3.8, 4) is 0 Å². The second kappa shape index (κ2) is 7.79. The van der Waals surface area contributed by atoms with Crippen molar-refractivity contribution in [2.75, 3.05) is 46.2 Å². The van der Waals surface area contributed by atoms with Crippen molar-refractivity contribution in [1.29, 1.82) is 0 Å². The van der Waals surface area contributed by atoms with Crippen molar-refractivity contribution in [2.45, 2.75) is 45.3 Å². The lowest BCUT2D eigenvalue weighted by molar-refractivity contribution is -0.176. The number of pyridine rings is 1. The molecule has 0 spiro atoms. The molecule has 1 N–H and O–H groups in total. The van der Waals surface area contributed by atoms with Gasteiger partial charge in [-0.1, -0.05) is 0 Å². The molecular weight excluding hydrogens is 441 g/mol. The summed E-state index contributed by atoms with van der Waals surface area (Å²) < 4.78 is 39.9. The number of halogens is 3. The Kier molecular flexibility index (Phi) is 5.18. The van der Waals surface area contributed by atoms with Gasteiger partial charge in [0.25, 0.3) is 0 Å². The second-order valence-corrected chi connectivity index (χ2v) is 9.89. The van der Waals surface area contributed by atoms with E-state index in [1.807, 2.05) is 19.9 Å². The first-order valence-electron chi connectivity index (χ1n) is 10.8. The van der Waals surface area contributed by atoms with Crippen LogP contribution < -0.4 is 20.0 Å². The van der Waals surface area contributed by atoms with Gasteiger partial charge in [-0.3, -0.25) is 10.2 Å². The van der Waals surface area contributed by atoms with Gasteiger partial charge in [-0.15, -0.1) is 11.3 Å². The van der Waals surface area contributed by atoms with Crippen LogP contribution in [0.4, 0.5) is 40.4 Å². The summed E-state index contributed by atoms with van der Waals surface area (Å²) in [6, 6.07) is 3.33. The summed E-state index contributed by atoms with van der Waals surface area (Å²) in [6.07, 6.45) is -2.80. The summed E-state index contributed by atoms with van der Waals surface area (Å²) in [4.78, 5) is 29.0. The van der Waals surface area contributed by atoms with Crippen LogP contribution in [0.3, 0.4) is 0 Å². The molecule has 2 bridgehead atoms. The summed E-state index contributed by atoms with van der Waals surface area (Å²) in [6.45, 7) is 5.80. The lowest BCUT2D eigenvalue weighted by atomic mass is 9.97. The van der Waals surface area contributed by atoms with Crippen LogP contribution in [0.25, 0.3) is 0 Å². The number of hydrogen-bond donors (Lipinski definition) is 1. The van der Waals surface area contributed by atoms with Crippen LogP contribution >= 0.6 is 11.3 Å². The number of urea groups is 1. The smallest absolute Gasteiger partial charge is 0.366 e. The van der Waals surface area contributed by atoms with E-state index in [0.717, 1.165) is 35.8 Å². The summed E-state index contributed by atoms with van der Waals surface area (Å²) >= 11 is 1.42. The van der Waals surface area contributed by atoms with E-state index in [-0.39, 0.29) is 25.0 Å². The van der Waals surface area contributed by atoms with E-state index >= 15 is 0 Å². The van der Waals surface area contributed by atoms with E-state index < -0.39 is 12.1 Å². The van der Waals surface area contributed by atoms with Crippen molar-refractivity contribution in [3.05, 3.63) is 22.7 Å². The van der Waals surface area contributed by atoms with Crippen molar-refractivity contribution in [3.63, 3.8) is 0 Å². The fourth-order valence-corrected chi connectivity index (χ4v) is 5.57. The van der Waals surface area contributed by atoms with Gasteiger partial charge in [-0.05, 0) is 45.2 Å². The number of piperidine rings is 1. The number of anilines is 4. The number of fused-ring (bicyclic) bond motifs is 4. The van der Waals surface area contributed by atoms with Crippen LogP contribution in [0.15, 0.2) is 12.1 Å². The van der Waals surface area contributed by atoms with Crippen LogP contribution in [-0.2, 0) is 0 Å². The van der Waals surface area contributed by atoms with Gasteiger partial charge < -0.3 is 9.80 Å². The van der Waals surface area contributed by atoms with Crippen LogP contribution in [-0.4, -0.2) is 54.4 Å². The number of amides is 2. The number of carbonyl (C=O) groups excluding carboxylic acids is 1. The number of alkyl halides is 3. The Bertz CT molecular complexity index is 1020. The highest BCUT2D eigenvalue weighted by Gasteiger charge is 2.43. The first-order valence-corrected chi connectivity index (χ1v) is 11.6. The standard InChI is InChI=1S/C21H25F3N6OS/c1-12-13(2)32-19(25-12)27-20(31)30-15-7-9-28(11-15)16-5-6-17(26-18(16)30)29-8-3-4-14(10-29)21(22,23)24/h5-6,14-15H,3-4,7-11H2,1-2H3,(H,25,27,31)/t14?,15-/m0/s1. The molecule has 5 heterocycles. The number of nitrogens with one attached hydrogen (secondary N) is 1. The highest BCUT2D eigenvalue weighted by molar-refractivity contribution is 7.15. The van der Waals surface area contributed by atoms with Crippen LogP contribution in [0.2, 0.25) is 0 Å². The Morgan fingerprint density at radius 2 is 1.94 bits per heavy atom. The number of hydrogen-bond acceptors (Lipinski definition) is 6. The maximum atomic E-state index is 13.3. The zero-order valence-corrected chi connectivity index (χ0v) is 18.8. The Balaban J connectivity index is 1.44. The predicted octanol–water partition coefficient (Wildman–Crippen LogP) is 4.56. The summed E-state index contributed by atoms with van der Waals surface area (Å²) in [7, 11) is 0. The molecule has 2 fully saturated rings. The Labute approximate surface area is 188 Å². The number of rotatable bonds is 2. The molecule has 11 heteroatoms. The molecule has 0 saturated carbocycles. The molecule has 5 rings (SSSR count). The number of carbonyl (C=O) groups is 1. The van der Waals surface area contributed by atoms with E-state index in [1.54, 1.807) is 15.9 Å². The highest BCUT2D eigenvalue weighted by atomic mass is 32.1. The third kappa shape index (κ3) is 3.76. The lowest BCUT2D eigenvalue weighted by Gasteiger charge is -2.38. The van der Waals surface area contributed by atoms with Gasteiger partial charge in [-0.2, -0.15) is 13.2 Å². The topological polar surface area (TPSA) is 64.6 Å². The molecule has 2 aromatic heterocycles. The first-order chi connectivity index (χ1) is 15.2. The highest BCUT2D eigenvalue weighted by Crippen LogP contribution is 2.41. The van der Waals surface area contributed by atoms with Gasteiger partial charge in [0.2, 0.25) is 0 Å². The number of nitrogens with zero attached hydrogens (tertiary/aromatic N) is 5. The molecule has 3 aliphatic rings. The van der Waals surface area contributed by atoms with Gasteiger partial charge in [0, 0.05) is 31.1 Å². The number of thiazole rings is 1. The molecular formula is C21H25F3N6OS. The lowest BCUT2D eigenvalue weighted by Crippen LogP contribution is -2.48. The maximum absolute atomic E-state index is 13.3. The quantitative estimate of drug-likeness (QED) is 0.703. The molecule has 3 aliphatic heterocycles. The van der Waals surface area contributed by atoms with Crippen LogP contribution in [0.5, 0.6) is 0 Å². The van der Waals surface area contributed by atoms with E-state index in [0.29, 0.717) is 29.7 Å². The Hall–Kier alpha value is -2.56. The largest absolute Gasteiger partial charge is 0.393 e. The minimum atomic E-state index is -4.21. The van der Waals surface area contributed by atoms with Crippen molar-refractivity contribution < 1.29 is 18.0 Å². The number of aromatic nitrogens is 2. The van der Waals surface area contributed by atoms with E-state index in [2.05, 4.69) is 15.2 Å². The molecule has 32 heavy (non-hydrogen) atoms. The zero-order chi connectivity index (χ0) is 22.6. The minimum absolute atomic E-state index is 0.0308. The maximum Gasteiger partial charge on any atom is 0.393 e. The van der Waals surface area contributed by atoms with Crippen LogP contribution in [0.1, 0.15) is 29.8 Å². The van der Waals surface area contributed by atoms with Crippen molar-refractivity contribution >= 4 is 39.8 Å². The molecule has 2 aromatic rings. The molecule has 0 radical (unpaired) electrons. The van der Waals surface area contributed by atoms with Gasteiger partial charge in [0.1, 0.15) is 5.82 Å². The predicted molar refractivity (Wildman–Crippen MR) is 119 cm³/mol. The van der Waals surface area contributed by atoms with Gasteiger partial charge in [0.15, 0.2) is 10.9 Å². The van der Waals surface area contributed by atoms with E-state index in [9.17, 15) is 18.0 Å². The SMILES string of the molecule is Cc1nc(NC(=O)N2c3nc(N4CCCC(C(F)(F)F)C4)ccc3N3CC[C@H]2C3)sc1C. The summed E-state index contributed by atoms with van der Waals surface area (Å²) in [5.74, 6) is -0.364. The third-order valence-corrected chi connectivity index (χ3v) is 7.60. The Morgan fingerprint density at radius 1 is 1.12 bits per heavy atom. The van der Waals surface area contributed by atoms with Crippen molar-refractivity contribution in [2.24, 2.45) is 5.92 Å². The fourth-order valence-electron chi connectivity index (χ4n) is 4.77. The van der Waals surface area contributed by atoms with Crippen LogP contribution in [0, 0.1) is 19.8 Å². The van der Waals surface area contributed by atoms with Gasteiger partial charge in [-0.25, -0.2) is 14.8 Å². The monoisotopic (exact) mass is 466 g/mol.